The van der Waals surface area contributed by atoms with Crippen LogP contribution in [0.25, 0.3) is 0 Å². The Hall–Kier alpha value is -0.570. The zero-order valence-electron chi connectivity index (χ0n) is 12.4. The second-order valence-electron chi connectivity index (χ2n) is 6.63. The molecule has 0 aromatic rings. The number of hydrogen-bond donors (Lipinski definition) is 1. The van der Waals surface area contributed by atoms with Gasteiger partial charge in [0, 0.05) is 20.0 Å². The van der Waals surface area contributed by atoms with Gasteiger partial charge < -0.3 is 10.6 Å². The van der Waals surface area contributed by atoms with E-state index in [4.69, 9.17) is 5.73 Å². The van der Waals surface area contributed by atoms with Gasteiger partial charge in [0.1, 0.15) is 0 Å². The number of nitrogens with two attached hydrogens (primary N) is 1. The summed E-state index contributed by atoms with van der Waals surface area (Å²) in [4.78, 5) is 14.0. The fraction of sp³-hybridized carbons (Fsp3) is 0.933. The fourth-order valence-electron chi connectivity index (χ4n) is 2.83. The predicted octanol–water partition coefficient (Wildman–Crippen LogP) is 2.79. The average Bonchev–Trinajstić information content (AvgIpc) is 2.78. The minimum atomic E-state index is 0.193. The first-order valence-corrected chi connectivity index (χ1v) is 7.38. The van der Waals surface area contributed by atoms with Crippen LogP contribution in [-0.2, 0) is 4.79 Å². The molecule has 0 radical (unpaired) electrons. The molecule has 18 heavy (non-hydrogen) atoms. The Balaban J connectivity index is 2.26. The molecule has 0 aliphatic heterocycles. The molecule has 3 nitrogen and oxygen atoms in total. The van der Waals surface area contributed by atoms with Crippen LogP contribution in [0.2, 0.25) is 0 Å². The molecular formula is C15H30N2O. The summed E-state index contributed by atoms with van der Waals surface area (Å²) in [5.41, 5.74) is 5.79. The molecular weight excluding hydrogens is 224 g/mol. The van der Waals surface area contributed by atoms with Crippen LogP contribution in [0.1, 0.15) is 58.8 Å². The zero-order valence-corrected chi connectivity index (χ0v) is 12.4. The third kappa shape index (κ3) is 5.38. The van der Waals surface area contributed by atoms with Gasteiger partial charge >= 0.3 is 0 Å². The molecule has 0 spiro atoms. The zero-order chi connectivity index (χ0) is 13.6. The summed E-state index contributed by atoms with van der Waals surface area (Å²) >= 11 is 0. The molecule has 2 N–H and O–H groups in total. The minimum absolute atomic E-state index is 0.193. The lowest BCUT2D eigenvalue weighted by atomic mass is 9.84. The van der Waals surface area contributed by atoms with Gasteiger partial charge in [-0.3, -0.25) is 4.79 Å². The van der Waals surface area contributed by atoms with E-state index in [2.05, 4.69) is 13.8 Å². The Morgan fingerprint density at radius 1 is 1.28 bits per heavy atom. The Labute approximate surface area is 112 Å². The third-order valence-corrected chi connectivity index (χ3v) is 4.27. The van der Waals surface area contributed by atoms with Crippen molar-refractivity contribution in [1.82, 2.24) is 4.90 Å². The summed E-state index contributed by atoms with van der Waals surface area (Å²) in [5, 5.41) is 0. The molecule has 0 saturated heterocycles. The van der Waals surface area contributed by atoms with E-state index in [1.165, 1.54) is 25.7 Å². The summed E-state index contributed by atoms with van der Waals surface area (Å²) in [6.07, 6.45) is 7.89. The first kappa shape index (κ1) is 15.5. The average molecular weight is 254 g/mol. The van der Waals surface area contributed by atoms with Crippen LogP contribution in [0, 0.1) is 11.3 Å². The van der Waals surface area contributed by atoms with Gasteiger partial charge in [0.15, 0.2) is 0 Å². The highest BCUT2D eigenvalue weighted by Gasteiger charge is 2.22. The van der Waals surface area contributed by atoms with Crippen molar-refractivity contribution >= 4 is 5.91 Å². The number of nitrogens with zero attached hydrogens (tertiary/aromatic N) is 1. The maximum Gasteiger partial charge on any atom is 0.222 e. The maximum atomic E-state index is 12.1. The lowest BCUT2D eigenvalue weighted by Gasteiger charge is -2.26. The first-order chi connectivity index (χ1) is 8.44. The van der Waals surface area contributed by atoms with Crippen molar-refractivity contribution in [3.05, 3.63) is 0 Å². The summed E-state index contributed by atoms with van der Waals surface area (Å²) < 4.78 is 0. The Bertz CT molecular complexity index is 257. The van der Waals surface area contributed by atoms with Crippen molar-refractivity contribution in [2.24, 2.45) is 17.1 Å². The Morgan fingerprint density at radius 3 is 2.44 bits per heavy atom. The molecule has 1 rings (SSSR count). The smallest absolute Gasteiger partial charge is 0.222 e. The highest BCUT2D eigenvalue weighted by atomic mass is 16.2. The van der Waals surface area contributed by atoms with Crippen molar-refractivity contribution in [2.75, 3.05) is 20.1 Å². The molecule has 0 bridgehead atoms. The summed E-state index contributed by atoms with van der Waals surface area (Å²) in [6.45, 7) is 6.06. The molecule has 0 aromatic carbocycles. The Morgan fingerprint density at radius 2 is 1.89 bits per heavy atom. The third-order valence-electron chi connectivity index (χ3n) is 4.27. The Kier molecular flexibility index (Phi) is 6.13. The highest BCUT2D eigenvalue weighted by molar-refractivity contribution is 5.75. The van der Waals surface area contributed by atoms with Crippen LogP contribution in [0.4, 0.5) is 0 Å². The standard InChI is InChI=1S/C15H30N2O/c1-15(2,10-11-16)9-8-14(18)17(3)12-13-6-4-5-7-13/h13H,4-12,16H2,1-3H3. The minimum Gasteiger partial charge on any atom is -0.345 e. The van der Waals surface area contributed by atoms with Gasteiger partial charge in [-0.25, -0.2) is 0 Å². The van der Waals surface area contributed by atoms with Crippen LogP contribution < -0.4 is 5.73 Å². The molecule has 1 aliphatic rings. The molecule has 1 fully saturated rings. The molecule has 106 valence electrons. The van der Waals surface area contributed by atoms with Crippen molar-refractivity contribution in [2.45, 2.75) is 58.8 Å². The van der Waals surface area contributed by atoms with Crippen LogP contribution in [0.5, 0.6) is 0 Å². The fourth-order valence-corrected chi connectivity index (χ4v) is 2.83. The molecule has 0 unspecified atom stereocenters. The highest BCUT2D eigenvalue weighted by Crippen LogP contribution is 2.27. The largest absolute Gasteiger partial charge is 0.345 e. The molecule has 1 amide bonds. The quantitative estimate of drug-likeness (QED) is 0.759. The normalized spacial score (nSPS) is 17.1. The lowest BCUT2D eigenvalue weighted by molar-refractivity contribution is -0.131. The number of hydrogen-bond acceptors (Lipinski definition) is 2. The summed E-state index contributed by atoms with van der Waals surface area (Å²) in [7, 11) is 1.95. The van der Waals surface area contributed by atoms with Gasteiger partial charge in [-0.2, -0.15) is 0 Å². The number of amides is 1. The SMILES string of the molecule is CN(CC1CCCC1)C(=O)CCC(C)(C)CCN. The van der Waals surface area contributed by atoms with E-state index in [1.807, 2.05) is 11.9 Å². The second kappa shape index (κ2) is 7.13. The van der Waals surface area contributed by atoms with E-state index in [0.29, 0.717) is 18.9 Å². The van der Waals surface area contributed by atoms with Crippen molar-refractivity contribution in [1.29, 1.82) is 0 Å². The molecule has 1 saturated carbocycles. The molecule has 1 aliphatic carbocycles. The number of carbonyl (C=O) groups excluding carboxylic acids is 1. The van der Waals surface area contributed by atoms with Crippen LogP contribution in [0.15, 0.2) is 0 Å². The van der Waals surface area contributed by atoms with Gasteiger partial charge in [0.25, 0.3) is 0 Å². The summed E-state index contributed by atoms with van der Waals surface area (Å²) in [6, 6.07) is 0. The first-order valence-electron chi connectivity index (χ1n) is 7.38. The second-order valence-corrected chi connectivity index (χ2v) is 6.63. The van der Waals surface area contributed by atoms with E-state index < -0.39 is 0 Å². The molecule has 3 heteroatoms. The maximum absolute atomic E-state index is 12.1. The molecule has 0 aromatic heterocycles. The number of rotatable bonds is 7. The lowest BCUT2D eigenvalue weighted by Crippen LogP contribution is -2.32. The van der Waals surface area contributed by atoms with E-state index in [-0.39, 0.29) is 5.41 Å². The van der Waals surface area contributed by atoms with E-state index in [0.717, 1.165) is 25.3 Å². The van der Waals surface area contributed by atoms with Gasteiger partial charge in [0.05, 0.1) is 0 Å². The van der Waals surface area contributed by atoms with Crippen LogP contribution in [-0.4, -0.2) is 30.9 Å². The van der Waals surface area contributed by atoms with Gasteiger partial charge in [-0.05, 0) is 43.6 Å². The van der Waals surface area contributed by atoms with E-state index in [9.17, 15) is 4.79 Å². The molecule has 0 heterocycles. The van der Waals surface area contributed by atoms with Crippen molar-refractivity contribution in [3.8, 4) is 0 Å². The van der Waals surface area contributed by atoms with E-state index >= 15 is 0 Å². The predicted molar refractivity (Wildman–Crippen MR) is 76.3 cm³/mol. The van der Waals surface area contributed by atoms with Crippen LogP contribution in [0.3, 0.4) is 0 Å². The number of carbonyl (C=O) groups is 1. The van der Waals surface area contributed by atoms with Gasteiger partial charge in [-0.15, -0.1) is 0 Å². The topological polar surface area (TPSA) is 46.3 Å². The van der Waals surface area contributed by atoms with Crippen molar-refractivity contribution in [3.63, 3.8) is 0 Å². The summed E-state index contributed by atoms with van der Waals surface area (Å²) in [5.74, 6) is 1.04. The van der Waals surface area contributed by atoms with Crippen LogP contribution >= 0.6 is 0 Å². The van der Waals surface area contributed by atoms with Crippen molar-refractivity contribution < 1.29 is 4.79 Å². The molecule has 0 atom stereocenters. The van der Waals surface area contributed by atoms with E-state index in [1.54, 1.807) is 0 Å². The monoisotopic (exact) mass is 254 g/mol. The van der Waals surface area contributed by atoms with Gasteiger partial charge in [-0.1, -0.05) is 26.7 Å². The van der Waals surface area contributed by atoms with Gasteiger partial charge in [0.2, 0.25) is 5.91 Å².